The number of carbonyl (C=O) groups is 11. The maximum absolute atomic E-state index is 12.5. The first-order chi connectivity index (χ1) is 69.6. The van der Waals surface area contributed by atoms with Crippen LogP contribution in [0.5, 0.6) is 17.2 Å². The lowest BCUT2D eigenvalue weighted by molar-refractivity contribution is -0.136. The number of aromatic nitrogens is 6. The summed E-state index contributed by atoms with van der Waals surface area (Å²) in [7, 11) is 5.04. The number of nitrogens with zero attached hydrogens (tertiary/aromatic N) is 11. The van der Waals surface area contributed by atoms with Crippen LogP contribution < -0.4 is 39.7 Å². The zero-order chi connectivity index (χ0) is 110. The number of amides is 10. The summed E-state index contributed by atoms with van der Waals surface area (Å²) in [6.07, 6.45) is 28.5. The minimum absolute atomic E-state index is 0.000751. The molecule has 6 aromatic rings. The van der Waals surface area contributed by atoms with Gasteiger partial charge in [0.2, 0.25) is 32.7 Å². The van der Waals surface area contributed by atoms with Crippen LogP contribution >= 0.6 is 26.6 Å². The van der Waals surface area contributed by atoms with Gasteiger partial charge in [0.1, 0.15) is 39.7 Å². The topological polar surface area (TPSA) is 449 Å². The van der Waals surface area contributed by atoms with Crippen molar-refractivity contribution in [2.24, 2.45) is 11.8 Å². The second-order valence-electron chi connectivity index (χ2n) is 44.5. The normalized spacial score (nSPS) is 21.5. The largest absolute Gasteiger partial charge is 0.498 e. The number of carbonyl (C=O) groups excluding carboxylic acids is 11. The van der Waals surface area contributed by atoms with Crippen LogP contribution in [0.3, 0.4) is 0 Å². The van der Waals surface area contributed by atoms with Gasteiger partial charge in [-0.15, -0.1) is 0 Å². The number of aromatic amines is 1. The number of fused-ring (bicyclic) bond motifs is 3. The zero-order valence-electron chi connectivity index (χ0n) is 91.1. The van der Waals surface area contributed by atoms with E-state index in [1.54, 1.807) is 95.6 Å². The van der Waals surface area contributed by atoms with Gasteiger partial charge in [0.25, 0.3) is 0 Å². The van der Waals surface area contributed by atoms with Gasteiger partial charge in [0.15, 0.2) is 0 Å². The minimum Gasteiger partial charge on any atom is -0.489 e. The summed E-state index contributed by atoms with van der Waals surface area (Å²) in [5, 5.41) is 27.6. The highest BCUT2D eigenvalue weighted by atomic mass is 79.9. The predicted octanol–water partition coefficient (Wildman–Crippen LogP) is 19.5. The van der Waals surface area contributed by atoms with Gasteiger partial charge in [0.05, 0.1) is 110 Å². The summed E-state index contributed by atoms with van der Waals surface area (Å²) in [4.78, 5) is 139. The highest BCUT2D eigenvalue weighted by Crippen LogP contribution is 2.49. The second kappa shape index (κ2) is 51.4. The molecule has 822 valence electrons. The van der Waals surface area contributed by atoms with Gasteiger partial charge in [-0.3, -0.25) is 43.7 Å². The van der Waals surface area contributed by atoms with E-state index < -0.39 is 80.3 Å². The molecule has 149 heavy (non-hydrogen) atoms. The van der Waals surface area contributed by atoms with Gasteiger partial charge in [-0.1, -0.05) is 13.8 Å². The highest BCUT2D eigenvalue weighted by Gasteiger charge is 2.53. The Bertz CT molecular complexity index is 5620. The maximum Gasteiger partial charge on any atom is 0.498 e. The summed E-state index contributed by atoms with van der Waals surface area (Å²) < 4.78 is 89.3. The van der Waals surface area contributed by atoms with Crippen molar-refractivity contribution in [1.29, 1.82) is 0 Å². The lowest BCUT2D eigenvalue weighted by atomic mass is 9.82. The van der Waals surface area contributed by atoms with E-state index in [2.05, 4.69) is 59.2 Å². The summed E-state index contributed by atoms with van der Waals surface area (Å²) in [5.41, 5.74) is 7.52. The summed E-state index contributed by atoms with van der Waals surface area (Å²) in [5.74, 6) is 2.84. The van der Waals surface area contributed by atoms with Crippen molar-refractivity contribution in [3.05, 3.63) is 94.7 Å². The number of rotatable bonds is 10. The number of nitrogens with one attached hydrogen (secondary N) is 2. The molecule has 8 aliphatic heterocycles. The molecule has 0 radical (unpaired) electrons. The SMILES string of the molecule is CC(C)(C)OC(=O)N1CCC(O)CC1=O.CC(C)(C)OC(=O)n1cc(B2OC(C)(C)C(C)(C)O2)cn1.CC1CCN(C(=O)OC(C)(C)C)C(=O)C1.CC1CCN(C(=O)OC(C)(C)C)C(=O)C1.COC(=O)N1c2ccc(-c3cn[nH]c3)c(OC3CCC3)c2CC[C@@H]1C.COC(=O)N1c2ccc(-c3cnn(C4CCNC(=O)C4)c3)c(OC3CCC3)c2CC[C@@H]1C.COC(=O)N1c2ccc(Br)c(OC3CCC3)c2CC[C@@H]1C.CS(=O)(=O)Cl. The van der Waals surface area contributed by atoms with E-state index in [9.17, 15) is 66.3 Å². The number of hydrogen-bond donors (Lipinski definition) is 3. The smallest absolute Gasteiger partial charge is 0.489 e. The van der Waals surface area contributed by atoms with Crippen LogP contribution in [-0.4, -0.2) is 261 Å². The molecule has 4 unspecified atom stereocenters. The Labute approximate surface area is 888 Å². The van der Waals surface area contributed by atoms with Crippen molar-refractivity contribution in [2.75, 3.05) is 68.5 Å². The maximum atomic E-state index is 12.5. The number of anilines is 3. The Hall–Kier alpha value is -11.1. The monoisotopic (exact) mass is 2180 g/mol. The predicted molar refractivity (Wildman–Crippen MR) is 566 cm³/mol. The van der Waals surface area contributed by atoms with Crippen LogP contribution in [0.4, 0.5) is 50.6 Å². The number of methoxy groups -OCH3 is 3. The van der Waals surface area contributed by atoms with Gasteiger partial charge in [-0.05, 0) is 318 Å². The summed E-state index contributed by atoms with van der Waals surface area (Å²) in [6, 6.07) is 12.4. The van der Waals surface area contributed by atoms with Crippen molar-refractivity contribution < 1.29 is 123 Å². The number of imide groups is 3. The first-order valence-electron chi connectivity index (χ1n) is 51.5. The highest BCUT2D eigenvalue weighted by molar-refractivity contribution is 9.10. The van der Waals surface area contributed by atoms with Gasteiger partial charge in [0, 0.05) is 143 Å². The fourth-order valence-corrected chi connectivity index (χ4v) is 18.0. The van der Waals surface area contributed by atoms with Gasteiger partial charge >= 0.3 is 49.8 Å². The van der Waals surface area contributed by atoms with Gasteiger partial charge < -0.3 is 67.1 Å². The first-order valence-corrected chi connectivity index (χ1v) is 55.0. The number of piperidine rings is 4. The molecule has 0 spiro atoms. The van der Waals surface area contributed by atoms with E-state index in [0.29, 0.717) is 68.7 Å². The Morgan fingerprint density at radius 3 is 1.21 bits per heavy atom. The van der Waals surface area contributed by atoms with Crippen molar-refractivity contribution in [3.63, 3.8) is 0 Å². The molecule has 39 nitrogen and oxygen atoms in total. The fraction of sp³-hybridized carbons (Fsp3) is 0.642. The molecule has 0 bridgehead atoms. The lowest BCUT2D eigenvalue weighted by Crippen LogP contribution is -2.46. The molecule has 17 rings (SSSR count). The number of halogens is 2. The van der Waals surface area contributed by atoms with Crippen molar-refractivity contribution in [2.45, 2.75) is 375 Å². The lowest BCUT2D eigenvalue weighted by Gasteiger charge is -2.37. The van der Waals surface area contributed by atoms with E-state index in [4.69, 9.17) is 56.7 Å². The summed E-state index contributed by atoms with van der Waals surface area (Å²) in [6.45, 7) is 41.4. The molecular formula is C106H154BBrClN13O26S. The third-order valence-electron chi connectivity index (χ3n) is 26.9. The standard InChI is InChI=1S/C24H30N4O4.C19H23N3O3.C16H20BrNO3.C14H23BN2O4.2C11H19NO3.C10H17NO4.CH3ClO2S/c1-15-6-7-20-21(28(15)24(30)31-2)9-8-19(23(20)32-18-4-3-5-18)16-13-26-27(14-16)17-10-11-25-22(29)12-17;1-12-6-7-16-17(22(12)19(23)24-2)9-8-15(13-10-20-21-11-13)18(16)25-14-4-3-5-14;1-10-6-7-12-14(18(10)16(19)20-2)9-8-13(17)15(12)21-11-4-3-5-11;1-12(2,3)19-11(18)17-9-10(8-16-17)15-20-13(4,5)14(6,7)21-15;2*1-8-5-6-12(9(13)7-8)10(14)15-11(2,3)4;1-10(2,3)15-9(14)11-5-4-7(12)6-8(11)13;1-5(2,3)4/h8-9,13-15,17-18H,3-7,10-12H2,1-2H3,(H,25,29);8-12,14H,3-7H2,1-2H3,(H,20,21);8-11H,3-7H2,1-2H3;8-9H,1-7H3;2*8H,5-7H2,1-4H3;7,12H,4-6H2,1-3H3;1H3/t15-,17?;12-;10-;;;;;/m000...../s1. The average Bonchev–Trinajstić information content (AvgIpc) is 1.73. The molecular weight excluding hydrogens is 2030 g/mol. The molecule has 7 atom stereocenters. The molecule has 3 aliphatic carbocycles. The van der Waals surface area contributed by atoms with Crippen LogP contribution in [0.2, 0.25) is 0 Å². The third kappa shape index (κ3) is 33.7. The van der Waals surface area contributed by atoms with E-state index in [1.165, 1.54) is 50.4 Å². The van der Waals surface area contributed by atoms with Crippen LogP contribution in [0.25, 0.3) is 22.3 Å². The van der Waals surface area contributed by atoms with Gasteiger partial charge in [-0.25, -0.2) is 56.7 Å². The number of likely N-dealkylation sites (tertiary alicyclic amines) is 3. The number of H-pyrrole nitrogens is 1. The average molecular weight is 2180 g/mol. The van der Waals surface area contributed by atoms with Gasteiger partial charge in [-0.2, -0.15) is 20.0 Å². The minimum atomic E-state index is -3.19. The van der Waals surface area contributed by atoms with Crippen LogP contribution in [0, 0.1) is 11.8 Å². The second-order valence-corrected chi connectivity index (χ2v) is 48.4. The number of benzene rings is 3. The number of aliphatic hydroxyl groups is 1. The van der Waals surface area contributed by atoms with E-state index in [0.717, 1.165) is 190 Å². The van der Waals surface area contributed by atoms with E-state index in [-0.39, 0.29) is 91.2 Å². The molecule has 11 aliphatic rings. The molecule has 3 saturated carbocycles. The number of hydrogen-bond acceptors (Lipinski definition) is 29. The van der Waals surface area contributed by atoms with Crippen LogP contribution in [-0.2, 0) is 90.0 Å². The fourth-order valence-electron chi connectivity index (χ4n) is 17.6. The number of aliphatic hydroxyl groups excluding tert-OH is 1. The Balaban J connectivity index is 0.000000179. The first kappa shape index (κ1) is 120. The molecule has 3 aromatic heterocycles. The van der Waals surface area contributed by atoms with Crippen LogP contribution in [0.15, 0.2) is 78.1 Å². The molecule has 8 fully saturated rings. The van der Waals surface area contributed by atoms with Crippen LogP contribution in [0.1, 0.15) is 297 Å². The van der Waals surface area contributed by atoms with E-state index in [1.807, 2.05) is 136 Å². The molecule has 3 N–H and O–H groups in total. The quantitative estimate of drug-likeness (QED) is 0.0651. The number of ether oxygens (including phenoxy) is 10. The molecule has 43 heteroatoms. The van der Waals surface area contributed by atoms with E-state index >= 15 is 0 Å². The zero-order valence-corrected chi connectivity index (χ0v) is 94.3. The Morgan fingerprint density at radius 2 is 0.852 bits per heavy atom. The van der Waals surface area contributed by atoms with Crippen molar-refractivity contribution in [3.8, 4) is 39.5 Å². The molecule has 3 aromatic carbocycles. The molecule has 10 amide bonds. The van der Waals surface area contributed by atoms with Crippen molar-refractivity contribution in [1.82, 2.24) is 49.8 Å². The third-order valence-corrected chi connectivity index (χ3v) is 27.5. The Kier molecular flexibility index (Phi) is 41.3. The Morgan fingerprint density at radius 1 is 0.477 bits per heavy atom. The van der Waals surface area contributed by atoms with Crippen molar-refractivity contribution >= 4 is 132 Å². The molecule has 11 heterocycles. The summed E-state index contributed by atoms with van der Waals surface area (Å²) >= 11 is 3.59. The molecule has 5 saturated heterocycles.